The van der Waals surface area contributed by atoms with Crippen LogP contribution in [0.1, 0.15) is 49.3 Å². The zero-order valence-corrected chi connectivity index (χ0v) is 13.6. The van der Waals surface area contributed by atoms with Crippen molar-refractivity contribution in [2.45, 2.75) is 45.1 Å². The summed E-state index contributed by atoms with van der Waals surface area (Å²) in [6.45, 7) is 6.10. The van der Waals surface area contributed by atoms with Gasteiger partial charge >= 0.3 is 0 Å². The molecule has 3 rings (SSSR count). The summed E-state index contributed by atoms with van der Waals surface area (Å²) in [5.41, 5.74) is 2.78. The molecule has 2 nitrogen and oxygen atoms in total. The van der Waals surface area contributed by atoms with Gasteiger partial charge in [0, 0.05) is 19.1 Å². The fourth-order valence-corrected chi connectivity index (χ4v) is 3.18. The van der Waals surface area contributed by atoms with Gasteiger partial charge in [0.2, 0.25) is 0 Å². The van der Waals surface area contributed by atoms with E-state index >= 15 is 0 Å². The summed E-state index contributed by atoms with van der Waals surface area (Å²) >= 11 is 0. The van der Waals surface area contributed by atoms with E-state index in [1.807, 2.05) is 0 Å². The van der Waals surface area contributed by atoms with Crippen LogP contribution in [0.25, 0.3) is 0 Å². The van der Waals surface area contributed by atoms with Gasteiger partial charge in [0.1, 0.15) is 0 Å². The van der Waals surface area contributed by atoms with Gasteiger partial charge in [-0.25, -0.2) is 0 Å². The van der Waals surface area contributed by atoms with E-state index in [1.54, 1.807) is 0 Å². The molecule has 2 heteroatoms. The van der Waals surface area contributed by atoms with Crippen LogP contribution in [0.5, 0.6) is 0 Å². The predicted molar refractivity (Wildman–Crippen MR) is 89.5 cm³/mol. The molecule has 0 saturated heterocycles. The first-order valence-corrected chi connectivity index (χ1v) is 8.71. The van der Waals surface area contributed by atoms with Crippen LogP contribution in [0.4, 0.5) is 0 Å². The van der Waals surface area contributed by atoms with Gasteiger partial charge in [-0.3, -0.25) is 0 Å². The Hall–Kier alpha value is -0.860. The van der Waals surface area contributed by atoms with Gasteiger partial charge in [0.05, 0.1) is 0 Å². The molecule has 2 aliphatic rings. The fraction of sp³-hybridized carbons (Fsp3) is 0.684. The molecule has 2 saturated carbocycles. The number of hydrogen-bond donors (Lipinski definition) is 1. The average molecular weight is 286 g/mol. The molecule has 116 valence electrons. The largest absolute Gasteiger partial charge is 0.313 e. The van der Waals surface area contributed by atoms with E-state index in [4.69, 9.17) is 0 Å². The molecule has 1 aromatic carbocycles. The lowest BCUT2D eigenvalue weighted by molar-refractivity contribution is 0.239. The molecular formula is C19H30N2. The second-order valence-corrected chi connectivity index (χ2v) is 7.19. The third-order valence-electron chi connectivity index (χ3n) is 4.99. The Bertz CT molecular complexity index is 417. The molecule has 0 aliphatic heterocycles. The molecule has 0 amide bonds. The van der Waals surface area contributed by atoms with Crippen molar-refractivity contribution >= 4 is 0 Å². The van der Waals surface area contributed by atoms with Crippen molar-refractivity contribution in [2.24, 2.45) is 11.8 Å². The average Bonchev–Trinajstić information content (AvgIpc) is 3.37. The highest BCUT2D eigenvalue weighted by molar-refractivity contribution is 5.24. The van der Waals surface area contributed by atoms with E-state index in [1.165, 1.54) is 62.9 Å². The van der Waals surface area contributed by atoms with E-state index in [0.29, 0.717) is 6.04 Å². The Morgan fingerprint density at radius 3 is 2.10 bits per heavy atom. The molecule has 1 unspecified atom stereocenters. The van der Waals surface area contributed by atoms with Gasteiger partial charge in [-0.15, -0.1) is 0 Å². The lowest BCUT2D eigenvalue weighted by Gasteiger charge is -2.25. The van der Waals surface area contributed by atoms with Crippen LogP contribution in [-0.4, -0.2) is 31.6 Å². The number of hydrogen-bond acceptors (Lipinski definition) is 2. The highest BCUT2D eigenvalue weighted by atomic mass is 15.1. The summed E-state index contributed by atoms with van der Waals surface area (Å²) < 4.78 is 0. The van der Waals surface area contributed by atoms with Gasteiger partial charge in [0.25, 0.3) is 0 Å². The molecule has 21 heavy (non-hydrogen) atoms. The molecule has 1 atom stereocenters. The monoisotopic (exact) mass is 286 g/mol. The second-order valence-electron chi connectivity index (χ2n) is 7.19. The minimum atomic E-state index is 0.492. The fourth-order valence-electron chi connectivity index (χ4n) is 3.18. The minimum Gasteiger partial charge on any atom is -0.313 e. The van der Waals surface area contributed by atoms with E-state index < -0.39 is 0 Å². The molecule has 0 spiro atoms. The Labute approximate surface area is 129 Å². The van der Waals surface area contributed by atoms with Crippen LogP contribution in [0.2, 0.25) is 0 Å². The van der Waals surface area contributed by atoms with Gasteiger partial charge in [0.15, 0.2) is 0 Å². The van der Waals surface area contributed by atoms with Crippen molar-refractivity contribution in [3.63, 3.8) is 0 Å². The Kier molecular flexibility index (Phi) is 4.97. The lowest BCUT2D eigenvalue weighted by Crippen LogP contribution is -2.32. The molecule has 1 aromatic rings. The molecule has 1 N–H and O–H groups in total. The highest BCUT2D eigenvalue weighted by Gasteiger charge is 2.29. The topological polar surface area (TPSA) is 15.3 Å². The van der Waals surface area contributed by atoms with Gasteiger partial charge in [-0.2, -0.15) is 0 Å². The normalized spacial score (nSPS) is 20.0. The summed E-state index contributed by atoms with van der Waals surface area (Å²) in [7, 11) is 2.09. The SMILES string of the molecule is CNC(CCN(CC1CC1)CC1CC1)c1ccc(C)cc1. The quantitative estimate of drug-likeness (QED) is 0.743. The minimum absolute atomic E-state index is 0.492. The number of nitrogens with zero attached hydrogens (tertiary/aromatic N) is 1. The maximum absolute atomic E-state index is 3.50. The van der Waals surface area contributed by atoms with Crippen molar-refractivity contribution in [1.29, 1.82) is 0 Å². The standard InChI is InChI=1S/C19H30N2/c1-15-3-9-18(10-4-15)19(20-2)11-12-21(13-16-5-6-16)14-17-7-8-17/h3-4,9-10,16-17,19-20H,5-8,11-14H2,1-2H3. The predicted octanol–water partition coefficient (Wildman–Crippen LogP) is 3.77. The Morgan fingerprint density at radius 2 is 1.62 bits per heavy atom. The lowest BCUT2D eigenvalue weighted by atomic mass is 10.0. The zero-order valence-electron chi connectivity index (χ0n) is 13.6. The number of benzene rings is 1. The first kappa shape index (κ1) is 15.1. The van der Waals surface area contributed by atoms with Crippen molar-refractivity contribution in [3.05, 3.63) is 35.4 Å². The zero-order chi connectivity index (χ0) is 14.7. The van der Waals surface area contributed by atoms with Crippen molar-refractivity contribution in [3.8, 4) is 0 Å². The van der Waals surface area contributed by atoms with Crippen LogP contribution in [0, 0.1) is 18.8 Å². The number of nitrogens with one attached hydrogen (secondary N) is 1. The summed E-state index contributed by atoms with van der Waals surface area (Å²) in [5, 5.41) is 3.50. The van der Waals surface area contributed by atoms with E-state index in [9.17, 15) is 0 Å². The third kappa shape index (κ3) is 4.82. The first-order chi connectivity index (χ1) is 10.2. The molecule has 0 bridgehead atoms. The van der Waals surface area contributed by atoms with Crippen molar-refractivity contribution < 1.29 is 0 Å². The Balaban J connectivity index is 1.52. The van der Waals surface area contributed by atoms with Gasteiger partial charge < -0.3 is 10.2 Å². The maximum atomic E-state index is 3.50. The number of aryl methyl sites for hydroxylation is 1. The van der Waals surface area contributed by atoms with Gasteiger partial charge in [-0.05, 0) is 70.0 Å². The van der Waals surface area contributed by atoms with E-state index in [2.05, 4.69) is 48.5 Å². The van der Waals surface area contributed by atoms with Gasteiger partial charge in [-0.1, -0.05) is 29.8 Å². The smallest absolute Gasteiger partial charge is 0.0329 e. The molecule has 2 fully saturated rings. The summed E-state index contributed by atoms with van der Waals surface area (Å²) in [6.07, 6.45) is 7.09. The van der Waals surface area contributed by atoms with Crippen molar-refractivity contribution in [2.75, 3.05) is 26.7 Å². The Morgan fingerprint density at radius 1 is 1.05 bits per heavy atom. The first-order valence-electron chi connectivity index (χ1n) is 8.71. The highest BCUT2D eigenvalue weighted by Crippen LogP contribution is 2.34. The van der Waals surface area contributed by atoms with E-state index in [-0.39, 0.29) is 0 Å². The van der Waals surface area contributed by atoms with Crippen LogP contribution in [0.3, 0.4) is 0 Å². The van der Waals surface area contributed by atoms with Crippen LogP contribution >= 0.6 is 0 Å². The van der Waals surface area contributed by atoms with Crippen LogP contribution in [-0.2, 0) is 0 Å². The maximum Gasteiger partial charge on any atom is 0.0329 e. The second kappa shape index (κ2) is 6.93. The van der Waals surface area contributed by atoms with Crippen LogP contribution < -0.4 is 5.32 Å². The molecule has 0 heterocycles. The molecule has 2 aliphatic carbocycles. The molecule has 0 aromatic heterocycles. The third-order valence-corrected chi connectivity index (χ3v) is 4.99. The molecular weight excluding hydrogens is 256 g/mol. The number of rotatable bonds is 9. The summed E-state index contributed by atoms with van der Waals surface area (Å²) in [4.78, 5) is 2.74. The van der Waals surface area contributed by atoms with E-state index in [0.717, 1.165) is 11.8 Å². The summed E-state index contributed by atoms with van der Waals surface area (Å²) in [5.74, 6) is 2.02. The van der Waals surface area contributed by atoms with Crippen LogP contribution in [0.15, 0.2) is 24.3 Å². The summed E-state index contributed by atoms with van der Waals surface area (Å²) in [6, 6.07) is 9.51. The molecule has 0 radical (unpaired) electrons. The van der Waals surface area contributed by atoms with Crippen molar-refractivity contribution in [1.82, 2.24) is 10.2 Å².